The Labute approximate surface area is 127 Å². The van der Waals surface area contributed by atoms with Gasteiger partial charge < -0.3 is 9.84 Å². The van der Waals surface area contributed by atoms with Gasteiger partial charge in [-0.1, -0.05) is 37.7 Å². The van der Waals surface area contributed by atoms with Crippen LogP contribution in [-0.2, 0) is 4.74 Å². The molecule has 1 rings (SSSR count). The second kappa shape index (κ2) is 7.82. The Morgan fingerprint density at radius 3 is 2.38 bits per heavy atom. The molecule has 0 heterocycles. The van der Waals surface area contributed by atoms with E-state index >= 15 is 0 Å². The highest BCUT2D eigenvalue weighted by atomic mass is 28.3. The van der Waals surface area contributed by atoms with Gasteiger partial charge in [0.15, 0.2) is 0 Å². The van der Waals surface area contributed by atoms with E-state index < -0.39 is 8.07 Å². The maximum Gasteiger partial charge on any atom is 0.338 e. The number of rotatable bonds is 4. The molecule has 0 aliphatic heterocycles. The molecule has 1 N–H and O–H groups in total. The van der Waals surface area contributed by atoms with Gasteiger partial charge in [0.2, 0.25) is 0 Å². The van der Waals surface area contributed by atoms with Crippen LogP contribution in [0.2, 0.25) is 19.6 Å². The molecule has 1 aromatic carbocycles. The van der Waals surface area contributed by atoms with E-state index in [0.29, 0.717) is 17.7 Å². The lowest BCUT2D eigenvalue weighted by Crippen LogP contribution is -2.16. The first-order chi connectivity index (χ1) is 9.85. The summed E-state index contributed by atoms with van der Waals surface area (Å²) in [5.74, 6) is 2.72. The zero-order valence-corrected chi connectivity index (χ0v) is 14.1. The minimum Gasteiger partial charge on any atom is -0.462 e. The molecule has 112 valence electrons. The average Bonchev–Trinajstić information content (AvgIpc) is 2.43. The molecule has 0 atom stereocenters. The predicted molar refractivity (Wildman–Crippen MR) is 88.6 cm³/mol. The van der Waals surface area contributed by atoms with Gasteiger partial charge in [-0.2, -0.15) is 0 Å². The molecule has 0 aliphatic rings. The molecule has 21 heavy (non-hydrogen) atoms. The Morgan fingerprint density at radius 1 is 1.29 bits per heavy atom. The summed E-state index contributed by atoms with van der Waals surface area (Å²) >= 11 is 0. The highest BCUT2D eigenvalue weighted by molar-refractivity contribution is 6.83. The lowest BCUT2D eigenvalue weighted by molar-refractivity contribution is 0.0526. The molecule has 0 saturated carbocycles. The maximum absolute atomic E-state index is 11.6. The van der Waals surface area contributed by atoms with Crippen LogP contribution in [0.25, 0.3) is 6.08 Å². The van der Waals surface area contributed by atoms with E-state index in [1.165, 1.54) is 0 Å². The van der Waals surface area contributed by atoms with Crippen LogP contribution in [0, 0.1) is 11.5 Å². The van der Waals surface area contributed by atoms with Crippen molar-refractivity contribution in [2.24, 2.45) is 0 Å². The SMILES string of the molecule is CCOC(=O)c1ccc(/C=C(/C#C[Si](C)(C)C)CO)cc1. The number of aliphatic hydroxyl groups is 1. The Hall–Kier alpha value is -1.83. The normalized spacial score (nSPS) is 11.6. The number of esters is 1. The van der Waals surface area contributed by atoms with Crippen LogP contribution in [0.3, 0.4) is 0 Å². The Bertz CT molecular complexity index is 569. The first kappa shape index (κ1) is 17.2. The van der Waals surface area contributed by atoms with E-state index in [-0.39, 0.29) is 12.6 Å². The minimum absolute atomic E-state index is 0.0862. The zero-order valence-electron chi connectivity index (χ0n) is 13.1. The third-order valence-electron chi connectivity index (χ3n) is 2.53. The molecule has 0 aliphatic carbocycles. The van der Waals surface area contributed by atoms with E-state index in [1.807, 2.05) is 18.2 Å². The van der Waals surface area contributed by atoms with Crippen LogP contribution in [0.4, 0.5) is 0 Å². The number of benzene rings is 1. The lowest BCUT2D eigenvalue weighted by atomic mass is 10.1. The first-order valence-electron chi connectivity index (χ1n) is 6.97. The molecule has 1 aromatic rings. The number of hydrogen-bond acceptors (Lipinski definition) is 3. The Kier molecular flexibility index (Phi) is 6.41. The summed E-state index contributed by atoms with van der Waals surface area (Å²) in [5.41, 5.74) is 5.33. The van der Waals surface area contributed by atoms with Gasteiger partial charge in [-0.15, -0.1) is 5.54 Å². The molecule has 4 heteroatoms. The van der Waals surface area contributed by atoms with Crippen molar-refractivity contribution in [3.05, 3.63) is 41.0 Å². The Balaban J connectivity index is 2.92. The van der Waals surface area contributed by atoms with Crippen molar-refractivity contribution in [1.29, 1.82) is 0 Å². The molecule has 3 nitrogen and oxygen atoms in total. The van der Waals surface area contributed by atoms with E-state index in [9.17, 15) is 9.90 Å². The van der Waals surface area contributed by atoms with Gasteiger partial charge in [-0.25, -0.2) is 4.79 Å². The van der Waals surface area contributed by atoms with Crippen molar-refractivity contribution in [2.75, 3.05) is 13.2 Å². The zero-order chi connectivity index (χ0) is 15.9. The van der Waals surface area contributed by atoms with Crippen LogP contribution in [0.15, 0.2) is 29.8 Å². The fraction of sp³-hybridized carbons (Fsp3) is 0.353. The van der Waals surface area contributed by atoms with Crippen molar-refractivity contribution in [3.63, 3.8) is 0 Å². The average molecular weight is 302 g/mol. The van der Waals surface area contributed by atoms with Gasteiger partial charge in [0.1, 0.15) is 8.07 Å². The highest BCUT2D eigenvalue weighted by Gasteiger charge is 2.08. The molecule has 0 radical (unpaired) electrons. The number of carbonyl (C=O) groups excluding carboxylic acids is 1. The van der Waals surface area contributed by atoms with Crippen molar-refractivity contribution >= 4 is 20.1 Å². The predicted octanol–water partition coefficient (Wildman–Crippen LogP) is 3.12. The summed E-state index contributed by atoms with van der Waals surface area (Å²) in [6.45, 7) is 8.52. The molecule has 0 aromatic heterocycles. The fourth-order valence-corrected chi connectivity index (χ4v) is 2.06. The monoisotopic (exact) mass is 302 g/mol. The number of hydrogen-bond donors (Lipinski definition) is 1. The summed E-state index contributed by atoms with van der Waals surface area (Å²) in [7, 11) is -1.46. The maximum atomic E-state index is 11.6. The van der Waals surface area contributed by atoms with Gasteiger partial charge in [0.05, 0.1) is 18.8 Å². The third kappa shape index (κ3) is 6.43. The van der Waals surface area contributed by atoms with E-state index in [2.05, 4.69) is 31.1 Å². The lowest BCUT2D eigenvalue weighted by Gasteiger charge is -2.04. The van der Waals surface area contributed by atoms with Gasteiger partial charge in [0, 0.05) is 5.57 Å². The Morgan fingerprint density at radius 2 is 1.90 bits per heavy atom. The van der Waals surface area contributed by atoms with Crippen LogP contribution in [0.1, 0.15) is 22.8 Å². The molecule has 0 saturated heterocycles. The molecule has 0 unspecified atom stereocenters. The number of aliphatic hydroxyl groups excluding tert-OH is 1. The van der Waals surface area contributed by atoms with Crippen molar-refractivity contribution < 1.29 is 14.6 Å². The summed E-state index contributed by atoms with van der Waals surface area (Å²) in [4.78, 5) is 11.6. The standard InChI is InChI=1S/C17H22O3Si/c1-5-20-17(19)16-8-6-14(7-9-16)12-15(13-18)10-11-21(2,3)4/h6-9,12,18H,5,13H2,1-4H3/b15-12-. The molecule has 0 fully saturated rings. The smallest absolute Gasteiger partial charge is 0.338 e. The van der Waals surface area contributed by atoms with Gasteiger partial charge in [-0.05, 0) is 30.7 Å². The summed E-state index contributed by atoms with van der Waals surface area (Å²) in [6.07, 6.45) is 1.84. The van der Waals surface area contributed by atoms with Crippen molar-refractivity contribution in [3.8, 4) is 11.5 Å². The highest BCUT2D eigenvalue weighted by Crippen LogP contribution is 2.10. The van der Waals surface area contributed by atoms with Gasteiger partial charge >= 0.3 is 5.97 Å². The first-order valence-corrected chi connectivity index (χ1v) is 10.5. The van der Waals surface area contributed by atoms with E-state index in [0.717, 1.165) is 5.56 Å². The van der Waals surface area contributed by atoms with Crippen LogP contribution in [0.5, 0.6) is 0 Å². The number of ether oxygens (including phenoxy) is 1. The molecular weight excluding hydrogens is 280 g/mol. The van der Waals surface area contributed by atoms with Gasteiger partial charge in [0.25, 0.3) is 0 Å². The molecule has 0 bridgehead atoms. The van der Waals surface area contributed by atoms with Crippen LogP contribution in [-0.4, -0.2) is 32.4 Å². The summed E-state index contributed by atoms with van der Waals surface area (Å²) in [6, 6.07) is 7.06. The van der Waals surface area contributed by atoms with E-state index in [1.54, 1.807) is 19.1 Å². The fourth-order valence-electron chi connectivity index (χ4n) is 1.52. The second-order valence-corrected chi connectivity index (χ2v) is 10.4. The molecule has 0 amide bonds. The molecule has 0 spiro atoms. The molecular formula is C17H22O3Si. The minimum atomic E-state index is -1.46. The third-order valence-corrected chi connectivity index (χ3v) is 3.41. The topological polar surface area (TPSA) is 46.5 Å². The number of carbonyl (C=O) groups is 1. The summed E-state index contributed by atoms with van der Waals surface area (Å²) in [5, 5.41) is 9.37. The van der Waals surface area contributed by atoms with Crippen LogP contribution < -0.4 is 0 Å². The quantitative estimate of drug-likeness (QED) is 0.528. The van der Waals surface area contributed by atoms with E-state index in [4.69, 9.17) is 4.74 Å². The largest absolute Gasteiger partial charge is 0.462 e. The van der Waals surface area contributed by atoms with Crippen molar-refractivity contribution in [2.45, 2.75) is 26.6 Å². The second-order valence-electron chi connectivity index (χ2n) is 5.67. The van der Waals surface area contributed by atoms with Crippen molar-refractivity contribution in [1.82, 2.24) is 0 Å². The van der Waals surface area contributed by atoms with Crippen LogP contribution >= 0.6 is 0 Å². The van der Waals surface area contributed by atoms with Gasteiger partial charge in [-0.3, -0.25) is 0 Å². The summed E-state index contributed by atoms with van der Waals surface area (Å²) < 4.78 is 4.93.